The van der Waals surface area contributed by atoms with Gasteiger partial charge in [-0.1, -0.05) is 0 Å². The van der Waals surface area contributed by atoms with Crippen molar-refractivity contribution >= 4 is 21.4 Å². The van der Waals surface area contributed by atoms with Crippen molar-refractivity contribution in [1.82, 2.24) is 4.31 Å². The zero-order chi connectivity index (χ0) is 12.5. The number of likely N-dealkylation sites (N-methyl/N-ethyl adjacent to an activating group) is 1. The fourth-order valence-electron chi connectivity index (χ4n) is 1.67. The minimum Gasteiger partial charge on any atom is -0.380 e. The molecule has 1 aromatic rings. The van der Waals surface area contributed by atoms with Gasteiger partial charge in [-0.05, 0) is 18.6 Å². The Balaban J connectivity index is 2.26. The average Bonchev–Trinajstić information content (AvgIpc) is 2.98. The number of ether oxygens (including phenoxy) is 1. The Bertz CT molecular complexity index is 538. The molecule has 1 aliphatic heterocycles. The number of sulfonamides is 1. The number of nitrogens with zero attached hydrogens (tertiary/aromatic N) is 2. The van der Waals surface area contributed by atoms with Gasteiger partial charge in [-0.15, -0.1) is 11.3 Å². The second-order valence-electron chi connectivity index (χ2n) is 3.77. The molecule has 0 saturated carbocycles. The quantitative estimate of drug-likeness (QED) is 0.824. The molecule has 0 bridgehead atoms. The third kappa shape index (κ3) is 2.35. The number of hydrogen-bond acceptors (Lipinski definition) is 5. The standard InChI is InChI=1S/C10H12N2O3S2/c1-12(8-4-5-15-7-8)17(13,14)10-3-2-9(6-11)16-10/h2-3,8H,4-5,7H2,1H3. The summed E-state index contributed by atoms with van der Waals surface area (Å²) in [4.78, 5) is 0.402. The largest absolute Gasteiger partial charge is 0.380 e. The average molecular weight is 272 g/mol. The third-order valence-electron chi connectivity index (χ3n) is 2.74. The molecule has 2 heterocycles. The highest BCUT2D eigenvalue weighted by atomic mass is 32.2. The number of nitriles is 1. The second-order valence-corrected chi connectivity index (χ2v) is 7.08. The van der Waals surface area contributed by atoms with Crippen LogP contribution in [0.2, 0.25) is 0 Å². The van der Waals surface area contributed by atoms with Crippen LogP contribution in [0.3, 0.4) is 0 Å². The summed E-state index contributed by atoms with van der Waals surface area (Å²) in [6, 6.07) is 4.84. The predicted octanol–water partition coefficient (Wildman–Crippen LogP) is 1.03. The Kier molecular flexibility index (Phi) is 3.49. The van der Waals surface area contributed by atoms with Crippen LogP contribution < -0.4 is 0 Å². The van der Waals surface area contributed by atoms with Crippen LogP contribution in [0, 0.1) is 11.3 Å². The van der Waals surface area contributed by atoms with Crippen molar-refractivity contribution in [2.24, 2.45) is 0 Å². The van der Waals surface area contributed by atoms with Gasteiger partial charge in [0.25, 0.3) is 10.0 Å². The first kappa shape index (κ1) is 12.5. The molecule has 17 heavy (non-hydrogen) atoms. The third-order valence-corrected chi connectivity index (χ3v) is 6.11. The fourth-order valence-corrected chi connectivity index (χ4v) is 4.33. The topological polar surface area (TPSA) is 70.4 Å². The molecule has 92 valence electrons. The Morgan fingerprint density at radius 1 is 1.59 bits per heavy atom. The van der Waals surface area contributed by atoms with Gasteiger partial charge in [-0.2, -0.15) is 9.57 Å². The van der Waals surface area contributed by atoms with E-state index in [-0.39, 0.29) is 10.3 Å². The molecule has 1 unspecified atom stereocenters. The molecular formula is C10H12N2O3S2. The van der Waals surface area contributed by atoms with E-state index in [1.54, 1.807) is 7.05 Å². The van der Waals surface area contributed by atoms with Gasteiger partial charge in [-0.3, -0.25) is 0 Å². The van der Waals surface area contributed by atoms with E-state index >= 15 is 0 Å². The van der Waals surface area contributed by atoms with Crippen LogP contribution in [-0.4, -0.2) is 39.0 Å². The molecule has 5 nitrogen and oxygen atoms in total. The minimum atomic E-state index is -3.49. The Labute approximate surface area is 104 Å². The molecule has 0 radical (unpaired) electrons. The van der Waals surface area contributed by atoms with Gasteiger partial charge in [0.05, 0.1) is 12.6 Å². The lowest BCUT2D eigenvalue weighted by Gasteiger charge is -2.21. The second kappa shape index (κ2) is 4.74. The monoisotopic (exact) mass is 272 g/mol. The van der Waals surface area contributed by atoms with E-state index in [1.165, 1.54) is 16.4 Å². The zero-order valence-electron chi connectivity index (χ0n) is 9.29. The molecule has 1 fully saturated rings. The maximum absolute atomic E-state index is 12.2. The van der Waals surface area contributed by atoms with Crippen LogP contribution in [0.25, 0.3) is 0 Å². The normalized spacial score (nSPS) is 20.6. The summed E-state index contributed by atoms with van der Waals surface area (Å²) < 4.78 is 31.2. The molecule has 0 amide bonds. The van der Waals surface area contributed by atoms with Gasteiger partial charge in [0, 0.05) is 13.7 Å². The summed E-state index contributed by atoms with van der Waals surface area (Å²) in [6.45, 7) is 1.03. The Morgan fingerprint density at radius 3 is 2.88 bits per heavy atom. The lowest BCUT2D eigenvalue weighted by Crippen LogP contribution is -2.36. The van der Waals surface area contributed by atoms with Gasteiger partial charge in [0.2, 0.25) is 0 Å². The van der Waals surface area contributed by atoms with Gasteiger partial charge in [-0.25, -0.2) is 8.42 Å². The van der Waals surface area contributed by atoms with E-state index < -0.39 is 10.0 Å². The highest BCUT2D eigenvalue weighted by molar-refractivity contribution is 7.91. The molecule has 1 aromatic heterocycles. The van der Waals surface area contributed by atoms with Crippen molar-refractivity contribution in [3.63, 3.8) is 0 Å². The SMILES string of the molecule is CN(C1CCOC1)S(=O)(=O)c1ccc(C#N)s1. The van der Waals surface area contributed by atoms with Crippen LogP contribution >= 0.6 is 11.3 Å². The number of thiophene rings is 1. The highest BCUT2D eigenvalue weighted by Crippen LogP contribution is 2.26. The summed E-state index contributed by atoms with van der Waals surface area (Å²) in [5.74, 6) is 0. The highest BCUT2D eigenvalue weighted by Gasteiger charge is 2.31. The zero-order valence-corrected chi connectivity index (χ0v) is 10.9. The van der Waals surface area contributed by atoms with E-state index in [9.17, 15) is 8.42 Å². The molecule has 0 spiro atoms. The van der Waals surface area contributed by atoms with E-state index in [2.05, 4.69) is 0 Å². The summed E-state index contributed by atoms with van der Waals surface area (Å²) in [6.07, 6.45) is 0.714. The molecule has 2 rings (SSSR count). The minimum absolute atomic E-state index is 0.104. The molecule has 1 atom stereocenters. The van der Waals surface area contributed by atoms with Crippen molar-refractivity contribution in [2.75, 3.05) is 20.3 Å². The van der Waals surface area contributed by atoms with E-state index in [0.717, 1.165) is 11.3 Å². The van der Waals surface area contributed by atoms with E-state index in [0.29, 0.717) is 24.5 Å². The van der Waals surface area contributed by atoms with Crippen LogP contribution in [0.4, 0.5) is 0 Å². The molecule has 0 N–H and O–H groups in total. The van der Waals surface area contributed by atoms with Gasteiger partial charge < -0.3 is 4.74 Å². The Morgan fingerprint density at radius 2 is 2.35 bits per heavy atom. The van der Waals surface area contributed by atoms with Crippen LogP contribution in [0.5, 0.6) is 0 Å². The van der Waals surface area contributed by atoms with Gasteiger partial charge in [0.1, 0.15) is 15.2 Å². The first-order chi connectivity index (χ1) is 8.05. The maximum Gasteiger partial charge on any atom is 0.252 e. The van der Waals surface area contributed by atoms with Crippen LogP contribution in [0.1, 0.15) is 11.3 Å². The fraction of sp³-hybridized carbons (Fsp3) is 0.500. The number of hydrogen-bond donors (Lipinski definition) is 0. The first-order valence-electron chi connectivity index (χ1n) is 5.11. The lowest BCUT2D eigenvalue weighted by molar-refractivity contribution is 0.181. The first-order valence-corrected chi connectivity index (χ1v) is 7.37. The maximum atomic E-state index is 12.2. The van der Waals surface area contributed by atoms with Crippen molar-refractivity contribution in [3.05, 3.63) is 17.0 Å². The summed E-state index contributed by atoms with van der Waals surface area (Å²) in [7, 11) is -1.93. The molecule has 1 saturated heterocycles. The van der Waals surface area contributed by atoms with Crippen molar-refractivity contribution in [3.8, 4) is 6.07 Å². The summed E-state index contributed by atoms with van der Waals surface area (Å²) >= 11 is 0.995. The summed E-state index contributed by atoms with van der Waals surface area (Å²) in [5.41, 5.74) is 0. The molecule has 0 aromatic carbocycles. The van der Waals surface area contributed by atoms with Crippen molar-refractivity contribution in [2.45, 2.75) is 16.7 Å². The van der Waals surface area contributed by atoms with Crippen molar-refractivity contribution < 1.29 is 13.2 Å². The molecule has 7 heteroatoms. The van der Waals surface area contributed by atoms with Gasteiger partial charge >= 0.3 is 0 Å². The Hall–Kier alpha value is -0.940. The molecule has 1 aliphatic rings. The van der Waals surface area contributed by atoms with Crippen LogP contribution in [-0.2, 0) is 14.8 Å². The number of rotatable bonds is 3. The smallest absolute Gasteiger partial charge is 0.252 e. The van der Waals surface area contributed by atoms with Gasteiger partial charge in [0.15, 0.2) is 0 Å². The lowest BCUT2D eigenvalue weighted by atomic mass is 10.3. The predicted molar refractivity (Wildman–Crippen MR) is 63.2 cm³/mol. The molecular weight excluding hydrogens is 260 g/mol. The summed E-state index contributed by atoms with van der Waals surface area (Å²) in [5, 5.41) is 8.70. The van der Waals surface area contributed by atoms with E-state index in [1.807, 2.05) is 6.07 Å². The molecule has 0 aliphatic carbocycles. The van der Waals surface area contributed by atoms with E-state index in [4.69, 9.17) is 10.00 Å². The van der Waals surface area contributed by atoms with Crippen molar-refractivity contribution in [1.29, 1.82) is 5.26 Å². The van der Waals surface area contributed by atoms with Crippen LogP contribution in [0.15, 0.2) is 16.3 Å².